The largest absolute Gasteiger partial charge is 0.377 e. The average molecular weight is 325 g/mol. The van der Waals surface area contributed by atoms with Crippen LogP contribution in [-0.2, 0) is 23.7 Å². The predicted octanol–water partition coefficient (Wildman–Crippen LogP) is 3.35. The van der Waals surface area contributed by atoms with Gasteiger partial charge >= 0.3 is 0 Å². The van der Waals surface area contributed by atoms with E-state index in [0.717, 1.165) is 26.1 Å². The van der Waals surface area contributed by atoms with Gasteiger partial charge in [0, 0.05) is 37.9 Å². The molecule has 0 saturated carbocycles. The topological polar surface area (TPSA) is 30.3 Å². The third-order valence-electron chi connectivity index (χ3n) is 5.96. The monoisotopic (exact) mass is 325 g/mol. The van der Waals surface area contributed by atoms with Gasteiger partial charge in [-0.2, -0.15) is 5.10 Å². The van der Waals surface area contributed by atoms with Gasteiger partial charge in [-0.05, 0) is 50.4 Å². The van der Waals surface area contributed by atoms with E-state index in [9.17, 15) is 0 Å². The Morgan fingerprint density at radius 3 is 2.75 bits per heavy atom. The summed E-state index contributed by atoms with van der Waals surface area (Å²) in [5, 5.41) is 4.29. The van der Waals surface area contributed by atoms with Crippen molar-refractivity contribution < 1.29 is 4.74 Å². The number of fused-ring (bicyclic) bond motifs is 2. The summed E-state index contributed by atoms with van der Waals surface area (Å²) in [5.74, 6) is 0. The summed E-state index contributed by atoms with van der Waals surface area (Å²) in [6.07, 6.45) is 7.97. The first-order valence-corrected chi connectivity index (χ1v) is 8.93. The fourth-order valence-corrected chi connectivity index (χ4v) is 4.64. The number of ether oxygens (including phenoxy) is 1. The lowest BCUT2D eigenvalue weighted by Gasteiger charge is -2.40. The van der Waals surface area contributed by atoms with Gasteiger partial charge in [0.25, 0.3) is 0 Å². The number of likely N-dealkylation sites (tertiary alicyclic amines) is 1. The van der Waals surface area contributed by atoms with Crippen molar-refractivity contribution in [1.29, 1.82) is 0 Å². The number of rotatable bonds is 3. The van der Waals surface area contributed by atoms with Gasteiger partial charge in [-0.3, -0.25) is 9.58 Å². The fraction of sp³-hybridized carbons (Fsp3) is 0.550. The lowest BCUT2D eigenvalue weighted by Crippen LogP contribution is -2.41. The van der Waals surface area contributed by atoms with E-state index in [1.807, 2.05) is 25.0 Å². The van der Waals surface area contributed by atoms with Crippen LogP contribution in [0.15, 0.2) is 30.6 Å². The quantitative estimate of drug-likeness (QED) is 0.867. The maximum absolute atomic E-state index is 5.82. The molecule has 2 heterocycles. The zero-order chi connectivity index (χ0) is 16.7. The molecule has 1 atom stereocenters. The fourth-order valence-electron chi connectivity index (χ4n) is 4.64. The highest BCUT2D eigenvalue weighted by atomic mass is 16.5. The summed E-state index contributed by atoms with van der Waals surface area (Å²) in [4.78, 5) is 2.57. The Hall–Kier alpha value is -1.65. The molecule has 128 valence electrons. The lowest BCUT2D eigenvalue weighted by molar-refractivity contribution is 0.0687. The van der Waals surface area contributed by atoms with E-state index in [0.29, 0.717) is 5.41 Å². The number of hydrogen-bond donors (Lipinski definition) is 0. The zero-order valence-electron chi connectivity index (χ0n) is 15.0. The molecular weight excluding hydrogens is 298 g/mol. The predicted molar refractivity (Wildman–Crippen MR) is 94.9 cm³/mol. The standard InChI is InChI=1S/C20H27N3O/c1-15-4-5-18-17(10-15)19(24-3)11-20(18)6-8-23(9-7-20)14-16-12-21-22(2)13-16/h4-5,10,12-13,19H,6-9,11,14H2,1-3H3/t19-/m1/s1. The van der Waals surface area contributed by atoms with Crippen LogP contribution in [0.2, 0.25) is 0 Å². The van der Waals surface area contributed by atoms with Crippen molar-refractivity contribution in [3.05, 3.63) is 52.8 Å². The summed E-state index contributed by atoms with van der Waals surface area (Å²) in [7, 11) is 3.84. The minimum Gasteiger partial charge on any atom is -0.377 e. The molecule has 0 unspecified atom stereocenters. The van der Waals surface area contributed by atoms with E-state index in [-0.39, 0.29) is 6.10 Å². The highest BCUT2D eigenvalue weighted by Gasteiger charge is 2.45. The van der Waals surface area contributed by atoms with Crippen molar-refractivity contribution in [2.45, 2.75) is 44.2 Å². The lowest BCUT2D eigenvalue weighted by atomic mass is 9.73. The van der Waals surface area contributed by atoms with E-state index in [1.54, 1.807) is 5.56 Å². The van der Waals surface area contributed by atoms with Crippen molar-refractivity contribution in [3.8, 4) is 0 Å². The van der Waals surface area contributed by atoms with Crippen LogP contribution in [0.4, 0.5) is 0 Å². The molecule has 1 aromatic heterocycles. The van der Waals surface area contributed by atoms with Gasteiger partial charge in [-0.1, -0.05) is 23.8 Å². The summed E-state index contributed by atoms with van der Waals surface area (Å²) in [6.45, 7) is 5.49. The highest BCUT2D eigenvalue weighted by molar-refractivity contribution is 5.44. The molecule has 0 N–H and O–H groups in total. The third-order valence-corrected chi connectivity index (χ3v) is 5.96. The Labute approximate surface area is 144 Å². The first kappa shape index (κ1) is 15.9. The molecule has 1 saturated heterocycles. The van der Waals surface area contributed by atoms with E-state index >= 15 is 0 Å². The van der Waals surface area contributed by atoms with Crippen molar-refractivity contribution >= 4 is 0 Å². The van der Waals surface area contributed by atoms with Crippen LogP contribution >= 0.6 is 0 Å². The number of nitrogens with zero attached hydrogens (tertiary/aromatic N) is 3. The summed E-state index contributed by atoms with van der Waals surface area (Å²) < 4.78 is 7.71. The molecule has 2 aliphatic rings. The Bertz CT molecular complexity index is 728. The summed E-state index contributed by atoms with van der Waals surface area (Å²) in [5.41, 5.74) is 5.93. The molecule has 24 heavy (non-hydrogen) atoms. The number of benzene rings is 1. The van der Waals surface area contributed by atoms with Crippen LogP contribution in [0.25, 0.3) is 0 Å². The maximum atomic E-state index is 5.82. The molecule has 2 aromatic rings. The van der Waals surface area contributed by atoms with E-state index in [2.05, 4.69) is 41.3 Å². The molecule has 0 amide bonds. The van der Waals surface area contributed by atoms with Gasteiger partial charge < -0.3 is 4.74 Å². The Morgan fingerprint density at radius 2 is 2.08 bits per heavy atom. The SMILES string of the molecule is CO[C@@H]1CC2(CCN(Cc3cnn(C)c3)CC2)c2ccc(C)cc21. The first-order chi connectivity index (χ1) is 11.6. The Balaban J connectivity index is 1.51. The molecule has 0 bridgehead atoms. The second-order valence-electron chi connectivity index (χ2n) is 7.60. The van der Waals surface area contributed by atoms with Crippen LogP contribution in [0.1, 0.15) is 47.6 Å². The normalized spacial score (nSPS) is 22.9. The molecule has 1 fully saturated rings. The van der Waals surface area contributed by atoms with Crippen molar-refractivity contribution in [1.82, 2.24) is 14.7 Å². The van der Waals surface area contributed by atoms with Gasteiger partial charge in [0.1, 0.15) is 0 Å². The smallest absolute Gasteiger partial charge is 0.0832 e. The van der Waals surface area contributed by atoms with Crippen LogP contribution in [-0.4, -0.2) is 34.9 Å². The molecule has 1 aliphatic carbocycles. The molecule has 1 aromatic carbocycles. The number of hydrogen-bond acceptors (Lipinski definition) is 3. The van der Waals surface area contributed by atoms with Crippen LogP contribution in [0.5, 0.6) is 0 Å². The summed E-state index contributed by atoms with van der Waals surface area (Å²) in [6, 6.07) is 6.96. The maximum Gasteiger partial charge on any atom is 0.0832 e. The van der Waals surface area contributed by atoms with Crippen LogP contribution in [0.3, 0.4) is 0 Å². The molecular formula is C20H27N3O. The Morgan fingerprint density at radius 1 is 1.29 bits per heavy atom. The van der Waals surface area contributed by atoms with Gasteiger partial charge in [0.15, 0.2) is 0 Å². The minimum atomic E-state index is 0.268. The third kappa shape index (κ3) is 2.68. The van der Waals surface area contributed by atoms with Crippen LogP contribution in [0, 0.1) is 6.92 Å². The number of methoxy groups -OCH3 is 1. The molecule has 4 heteroatoms. The van der Waals surface area contributed by atoms with E-state index in [1.165, 1.54) is 29.5 Å². The average Bonchev–Trinajstić information content (AvgIpc) is 3.11. The first-order valence-electron chi connectivity index (χ1n) is 8.93. The molecule has 0 radical (unpaired) electrons. The molecule has 1 spiro atoms. The zero-order valence-corrected chi connectivity index (χ0v) is 15.0. The van der Waals surface area contributed by atoms with Gasteiger partial charge in [0.2, 0.25) is 0 Å². The Kier molecular flexibility index (Phi) is 3.97. The number of aromatic nitrogens is 2. The molecule has 1 aliphatic heterocycles. The van der Waals surface area contributed by atoms with Gasteiger partial charge in [-0.15, -0.1) is 0 Å². The van der Waals surface area contributed by atoms with E-state index < -0.39 is 0 Å². The van der Waals surface area contributed by atoms with Crippen molar-refractivity contribution in [2.75, 3.05) is 20.2 Å². The second-order valence-corrected chi connectivity index (χ2v) is 7.60. The minimum absolute atomic E-state index is 0.268. The number of piperidine rings is 1. The summed E-state index contributed by atoms with van der Waals surface area (Å²) >= 11 is 0. The van der Waals surface area contributed by atoms with Gasteiger partial charge in [0.05, 0.1) is 12.3 Å². The van der Waals surface area contributed by atoms with E-state index in [4.69, 9.17) is 4.74 Å². The van der Waals surface area contributed by atoms with Crippen molar-refractivity contribution in [3.63, 3.8) is 0 Å². The molecule has 4 rings (SSSR count). The number of aryl methyl sites for hydroxylation is 2. The highest BCUT2D eigenvalue weighted by Crippen LogP contribution is 2.52. The second kappa shape index (κ2) is 6.01. The van der Waals surface area contributed by atoms with Crippen molar-refractivity contribution in [2.24, 2.45) is 7.05 Å². The molecule has 4 nitrogen and oxygen atoms in total. The van der Waals surface area contributed by atoms with Gasteiger partial charge in [-0.25, -0.2) is 0 Å². The van der Waals surface area contributed by atoms with Crippen LogP contribution < -0.4 is 0 Å².